The number of rotatable bonds is 4. The number of alkyl carbamates (subject to hydrolysis) is 1. The van der Waals surface area contributed by atoms with Crippen LogP contribution in [0.25, 0.3) is 0 Å². The third-order valence-corrected chi connectivity index (χ3v) is 0.913. The highest BCUT2D eigenvalue weighted by molar-refractivity contribution is 5.67. The average Bonchev–Trinajstić information content (AvgIpc) is 2.00. The minimum atomic E-state index is -1.33. The number of hydrogen-bond donors (Lipinski definition) is 4. The predicted molar refractivity (Wildman–Crippen MR) is 39.3 cm³/mol. The lowest BCUT2D eigenvalue weighted by molar-refractivity contribution is 0.0418. The summed E-state index contributed by atoms with van der Waals surface area (Å²) < 4.78 is 4.40. The van der Waals surface area contributed by atoms with Crippen LogP contribution in [0.2, 0.25) is 0 Å². The first-order valence-electron chi connectivity index (χ1n) is 3.46. The number of amides is 1. The monoisotopic (exact) mass is 179 g/mol. The molecule has 0 spiro atoms. The predicted octanol–water partition coefficient (Wildman–Crippen LogP) is -1.60. The van der Waals surface area contributed by atoms with E-state index in [2.05, 4.69) is 4.74 Å². The van der Waals surface area contributed by atoms with E-state index in [-0.39, 0.29) is 6.61 Å². The Labute approximate surface area is 69.8 Å². The minimum absolute atomic E-state index is 0.149. The summed E-state index contributed by atoms with van der Waals surface area (Å²) in [4.78, 5) is 10.6. The smallest absolute Gasteiger partial charge is 0.409 e. The van der Waals surface area contributed by atoms with Crippen LogP contribution in [0.15, 0.2) is 0 Å². The fraction of sp³-hybridized carbons (Fsp3) is 0.833. The van der Waals surface area contributed by atoms with Crippen LogP contribution < -0.4 is 5.32 Å². The zero-order valence-electron chi connectivity index (χ0n) is 6.73. The molecule has 0 aliphatic rings. The van der Waals surface area contributed by atoms with Crippen LogP contribution in [0.1, 0.15) is 6.92 Å². The number of ether oxygens (including phenoxy) is 1. The number of nitrogens with one attached hydrogen (secondary N) is 1. The van der Waals surface area contributed by atoms with Crippen molar-refractivity contribution in [2.24, 2.45) is 0 Å². The van der Waals surface area contributed by atoms with E-state index in [1.165, 1.54) is 6.92 Å². The maximum absolute atomic E-state index is 10.6. The van der Waals surface area contributed by atoms with Crippen molar-refractivity contribution >= 4 is 6.09 Å². The molecule has 72 valence electrons. The molecule has 0 aromatic heterocycles. The zero-order valence-corrected chi connectivity index (χ0v) is 6.73. The molecule has 0 aliphatic heterocycles. The summed E-state index contributed by atoms with van der Waals surface area (Å²) in [7, 11) is 0. The first kappa shape index (κ1) is 11.2. The van der Waals surface area contributed by atoms with Crippen molar-refractivity contribution in [1.82, 2.24) is 5.32 Å². The van der Waals surface area contributed by atoms with E-state index in [1.807, 2.05) is 5.32 Å². The van der Waals surface area contributed by atoms with Crippen molar-refractivity contribution in [2.75, 3.05) is 13.2 Å². The molecule has 6 nitrogen and oxygen atoms in total. The van der Waals surface area contributed by atoms with Gasteiger partial charge >= 0.3 is 6.09 Å². The summed E-state index contributed by atoms with van der Waals surface area (Å²) in [6.45, 7) is 0.726. The fourth-order valence-corrected chi connectivity index (χ4v) is 0.420. The fourth-order valence-electron chi connectivity index (χ4n) is 0.420. The van der Waals surface area contributed by atoms with Crippen LogP contribution in [0.4, 0.5) is 4.79 Å². The molecular weight excluding hydrogens is 166 g/mol. The summed E-state index contributed by atoms with van der Waals surface area (Å²) in [5.74, 6) is 0. The van der Waals surface area contributed by atoms with Crippen LogP contribution in [-0.4, -0.2) is 47.0 Å². The highest BCUT2D eigenvalue weighted by Crippen LogP contribution is 1.85. The zero-order chi connectivity index (χ0) is 9.56. The number of aliphatic hydroxyl groups is 3. The molecule has 0 aliphatic carbocycles. The van der Waals surface area contributed by atoms with Gasteiger partial charge in [-0.05, 0) is 6.92 Å². The van der Waals surface area contributed by atoms with Crippen LogP contribution in [0, 0.1) is 0 Å². The molecule has 2 atom stereocenters. The molecule has 12 heavy (non-hydrogen) atoms. The van der Waals surface area contributed by atoms with Crippen LogP contribution in [-0.2, 0) is 4.74 Å². The Kier molecular flexibility index (Phi) is 5.35. The molecule has 6 heteroatoms. The summed E-state index contributed by atoms with van der Waals surface area (Å²) in [5.41, 5.74) is 0. The molecule has 0 fully saturated rings. The van der Waals surface area contributed by atoms with E-state index in [9.17, 15) is 4.79 Å². The Hall–Kier alpha value is -0.850. The normalized spacial score (nSPS) is 15.0. The highest BCUT2D eigenvalue weighted by atomic mass is 16.6. The van der Waals surface area contributed by atoms with E-state index in [0.29, 0.717) is 0 Å². The van der Waals surface area contributed by atoms with Gasteiger partial charge in [0, 0.05) is 0 Å². The second-order valence-electron chi connectivity index (χ2n) is 2.29. The van der Waals surface area contributed by atoms with Gasteiger partial charge in [0.05, 0.1) is 12.7 Å². The van der Waals surface area contributed by atoms with E-state index in [4.69, 9.17) is 15.3 Å². The molecular formula is C6H13NO5. The molecule has 0 aromatic rings. The Bertz CT molecular complexity index is 138. The minimum Gasteiger partial charge on any atom is -0.447 e. The lowest BCUT2D eigenvalue weighted by Gasteiger charge is -2.10. The molecule has 1 amide bonds. The van der Waals surface area contributed by atoms with E-state index >= 15 is 0 Å². The van der Waals surface area contributed by atoms with Gasteiger partial charge in [0.1, 0.15) is 6.61 Å². The summed E-state index contributed by atoms with van der Waals surface area (Å²) in [5, 5.41) is 27.6. The summed E-state index contributed by atoms with van der Waals surface area (Å²) >= 11 is 0. The molecule has 0 rings (SSSR count). The van der Waals surface area contributed by atoms with Crippen molar-refractivity contribution in [3.05, 3.63) is 0 Å². The van der Waals surface area contributed by atoms with Gasteiger partial charge in [-0.1, -0.05) is 0 Å². The maximum Gasteiger partial charge on any atom is 0.409 e. The molecule has 0 saturated carbocycles. The van der Waals surface area contributed by atoms with E-state index in [1.54, 1.807) is 0 Å². The molecule has 0 bridgehead atoms. The Balaban J connectivity index is 3.46. The molecule has 0 radical (unpaired) electrons. The van der Waals surface area contributed by atoms with Gasteiger partial charge in [0.15, 0.2) is 6.23 Å². The lowest BCUT2D eigenvalue weighted by Crippen LogP contribution is -2.38. The highest BCUT2D eigenvalue weighted by Gasteiger charge is 2.08. The van der Waals surface area contributed by atoms with Crippen LogP contribution >= 0.6 is 0 Å². The van der Waals surface area contributed by atoms with Crippen molar-refractivity contribution in [2.45, 2.75) is 19.3 Å². The maximum atomic E-state index is 10.6. The van der Waals surface area contributed by atoms with Gasteiger partial charge in [-0.2, -0.15) is 0 Å². The number of hydrogen-bond acceptors (Lipinski definition) is 5. The number of aliphatic hydroxyl groups excluding tert-OH is 3. The average molecular weight is 179 g/mol. The van der Waals surface area contributed by atoms with Gasteiger partial charge in [-0.3, -0.25) is 5.32 Å². The summed E-state index contributed by atoms with van der Waals surface area (Å²) in [6, 6.07) is 0. The van der Waals surface area contributed by atoms with Gasteiger partial charge in [-0.25, -0.2) is 4.79 Å². The SMILES string of the molecule is CC(O)COC(=O)NC(O)CO. The van der Waals surface area contributed by atoms with Crippen LogP contribution in [0.3, 0.4) is 0 Å². The van der Waals surface area contributed by atoms with Crippen molar-refractivity contribution in [3.8, 4) is 0 Å². The lowest BCUT2D eigenvalue weighted by atomic mass is 10.4. The van der Waals surface area contributed by atoms with Gasteiger partial charge in [0.2, 0.25) is 0 Å². The first-order chi connectivity index (χ1) is 5.56. The topological polar surface area (TPSA) is 99.0 Å². The van der Waals surface area contributed by atoms with Gasteiger partial charge in [0.25, 0.3) is 0 Å². The van der Waals surface area contributed by atoms with Crippen molar-refractivity contribution < 1.29 is 24.9 Å². The quantitative estimate of drug-likeness (QED) is 0.390. The molecule has 0 aromatic carbocycles. The molecule has 0 saturated heterocycles. The first-order valence-corrected chi connectivity index (χ1v) is 3.46. The van der Waals surface area contributed by atoms with Gasteiger partial charge < -0.3 is 20.1 Å². The van der Waals surface area contributed by atoms with E-state index in [0.717, 1.165) is 0 Å². The van der Waals surface area contributed by atoms with Crippen LogP contribution in [0.5, 0.6) is 0 Å². The number of carbonyl (C=O) groups is 1. The number of carbonyl (C=O) groups excluding carboxylic acids is 1. The summed E-state index contributed by atoms with van der Waals surface area (Å²) in [6.07, 6.45) is -2.95. The second-order valence-corrected chi connectivity index (χ2v) is 2.29. The molecule has 4 N–H and O–H groups in total. The van der Waals surface area contributed by atoms with Crippen molar-refractivity contribution in [3.63, 3.8) is 0 Å². The molecule has 0 heterocycles. The second kappa shape index (κ2) is 5.76. The molecule has 2 unspecified atom stereocenters. The Morgan fingerprint density at radius 1 is 1.58 bits per heavy atom. The van der Waals surface area contributed by atoms with Gasteiger partial charge in [-0.15, -0.1) is 0 Å². The third kappa shape index (κ3) is 5.90. The Morgan fingerprint density at radius 2 is 2.17 bits per heavy atom. The van der Waals surface area contributed by atoms with Crippen molar-refractivity contribution in [1.29, 1.82) is 0 Å². The largest absolute Gasteiger partial charge is 0.447 e. The van der Waals surface area contributed by atoms with E-state index < -0.39 is 25.0 Å². The Morgan fingerprint density at radius 3 is 2.58 bits per heavy atom. The third-order valence-electron chi connectivity index (χ3n) is 0.913. The standard InChI is InChI=1S/C6H13NO5/c1-4(9)3-12-6(11)7-5(10)2-8/h4-5,8-10H,2-3H2,1H3,(H,7,11).